The summed E-state index contributed by atoms with van der Waals surface area (Å²) in [6, 6.07) is 12.9. The zero-order valence-electron chi connectivity index (χ0n) is 15.8. The molecule has 0 unspecified atom stereocenters. The fourth-order valence-electron chi connectivity index (χ4n) is 3.68. The predicted octanol–water partition coefficient (Wildman–Crippen LogP) is 3.05. The number of nitrogens with zero attached hydrogens (tertiary/aromatic N) is 5. The lowest BCUT2D eigenvalue weighted by molar-refractivity contribution is 0.412. The Morgan fingerprint density at radius 2 is 2.04 bits per heavy atom. The van der Waals surface area contributed by atoms with Crippen LogP contribution in [0.3, 0.4) is 0 Å². The topological polar surface area (TPSA) is 46.4 Å². The first-order chi connectivity index (χ1) is 13.2. The van der Waals surface area contributed by atoms with Gasteiger partial charge < -0.3 is 19.1 Å². The highest BCUT2D eigenvalue weighted by Gasteiger charge is 2.26. The first-order valence-corrected chi connectivity index (χ1v) is 9.30. The maximum absolute atomic E-state index is 5.53. The first kappa shape index (κ1) is 17.4. The van der Waals surface area contributed by atoms with Crippen LogP contribution in [0.4, 0.5) is 11.5 Å². The molecule has 0 N–H and O–H groups in total. The quantitative estimate of drug-likeness (QED) is 0.697. The zero-order chi connectivity index (χ0) is 18.6. The molecule has 27 heavy (non-hydrogen) atoms. The number of anilines is 2. The molecule has 140 valence electrons. The van der Waals surface area contributed by atoms with Crippen LogP contribution in [0.2, 0.25) is 0 Å². The summed E-state index contributed by atoms with van der Waals surface area (Å²) in [6.07, 6.45) is 7.56. The van der Waals surface area contributed by atoms with E-state index in [-0.39, 0.29) is 0 Å². The molecule has 3 aromatic rings. The number of aromatic nitrogens is 3. The van der Waals surface area contributed by atoms with Crippen molar-refractivity contribution in [1.82, 2.24) is 14.5 Å². The first-order valence-electron chi connectivity index (χ1n) is 9.30. The number of rotatable bonds is 5. The van der Waals surface area contributed by atoms with Crippen molar-refractivity contribution in [2.24, 2.45) is 0 Å². The Morgan fingerprint density at radius 3 is 2.74 bits per heavy atom. The van der Waals surface area contributed by atoms with Gasteiger partial charge in [-0.05, 0) is 30.7 Å². The third-order valence-electron chi connectivity index (χ3n) is 5.08. The van der Waals surface area contributed by atoms with Gasteiger partial charge in [0.15, 0.2) is 0 Å². The van der Waals surface area contributed by atoms with Crippen LogP contribution in [0.25, 0.3) is 0 Å². The van der Waals surface area contributed by atoms with E-state index in [0.717, 1.165) is 43.4 Å². The molecule has 1 fully saturated rings. The van der Waals surface area contributed by atoms with Crippen LogP contribution in [-0.4, -0.2) is 47.3 Å². The Bertz CT molecular complexity index is 863. The predicted molar refractivity (Wildman–Crippen MR) is 108 cm³/mol. The van der Waals surface area contributed by atoms with Crippen molar-refractivity contribution in [3.05, 3.63) is 66.9 Å². The van der Waals surface area contributed by atoms with E-state index in [0.29, 0.717) is 6.04 Å². The van der Waals surface area contributed by atoms with E-state index >= 15 is 0 Å². The summed E-state index contributed by atoms with van der Waals surface area (Å²) in [4.78, 5) is 13.6. The van der Waals surface area contributed by atoms with Gasteiger partial charge in [-0.1, -0.05) is 18.2 Å². The van der Waals surface area contributed by atoms with E-state index in [4.69, 9.17) is 9.72 Å². The molecule has 1 aliphatic rings. The summed E-state index contributed by atoms with van der Waals surface area (Å²) in [7, 11) is 1.73. The molecule has 0 spiro atoms. The lowest BCUT2D eigenvalue weighted by atomic mass is 10.1. The van der Waals surface area contributed by atoms with Gasteiger partial charge in [0.25, 0.3) is 0 Å². The third-order valence-corrected chi connectivity index (χ3v) is 5.08. The van der Waals surface area contributed by atoms with Crippen molar-refractivity contribution < 1.29 is 4.74 Å². The summed E-state index contributed by atoms with van der Waals surface area (Å²) in [6.45, 7) is 5.88. The van der Waals surface area contributed by atoms with E-state index in [1.165, 1.54) is 5.56 Å². The SMILES string of the molecule is COc1ccccc1N1CCN(c2ccc(Cn3ccnc3)cn2)[C@@H](C)C1. The number of pyridine rings is 1. The van der Waals surface area contributed by atoms with Crippen LogP contribution < -0.4 is 14.5 Å². The molecule has 0 amide bonds. The number of imidazole rings is 1. The average Bonchev–Trinajstić information content (AvgIpc) is 3.22. The molecule has 1 aliphatic heterocycles. The second-order valence-electron chi connectivity index (χ2n) is 6.92. The van der Waals surface area contributed by atoms with Crippen LogP contribution in [0.5, 0.6) is 5.75 Å². The van der Waals surface area contributed by atoms with E-state index in [1.54, 1.807) is 13.3 Å². The summed E-state index contributed by atoms with van der Waals surface area (Å²) in [5.41, 5.74) is 2.34. The van der Waals surface area contributed by atoms with Crippen molar-refractivity contribution in [2.75, 3.05) is 36.5 Å². The Hall–Kier alpha value is -3.02. The number of hydrogen-bond acceptors (Lipinski definition) is 5. The number of piperazine rings is 1. The van der Waals surface area contributed by atoms with Gasteiger partial charge in [0, 0.05) is 50.8 Å². The zero-order valence-corrected chi connectivity index (χ0v) is 15.8. The third kappa shape index (κ3) is 3.74. The van der Waals surface area contributed by atoms with Gasteiger partial charge in [0.2, 0.25) is 0 Å². The average molecular weight is 363 g/mol. The second-order valence-corrected chi connectivity index (χ2v) is 6.92. The lowest BCUT2D eigenvalue weighted by Gasteiger charge is -2.42. The van der Waals surface area contributed by atoms with E-state index in [2.05, 4.69) is 46.0 Å². The molecule has 0 saturated carbocycles. The standard InChI is InChI=1S/C21H25N5O/c1-17-14-25(19-5-3-4-6-20(19)27-2)11-12-26(17)21-8-7-18(13-23-21)15-24-10-9-22-16-24/h3-10,13,16-17H,11-12,14-15H2,1-2H3/t17-/m0/s1. The Balaban J connectivity index is 1.44. The minimum Gasteiger partial charge on any atom is -0.495 e. The smallest absolute Gasteiger partial charge is 0.142 e. The van der Waals surface area contributed by atoms with E-state index < -0.39 is 0 Å². The minimum atomic E-state index is 0.371. The van der Waals surface area contributed by atoms with Crippen molar-refractivity contribution >= 4 is 11.5 Å². The molecule has 6 heteroatoms. The van der Waals surface area contributed by atoms with Crippen LogP contribution in [0, 0.1) is 0 Å². The van der Waals surface area contributed by atoms with Crippen LogP contribution >= 0.6 is 0 Å². The van der Waals surface area contributed by atoms with Crippen molar-refractivity contribution in [3.63, 3.8) is 0 Å². The summed E-state index contributed by atoms with van der Waals surface area (Å²) < 4.78 is 7.57. The molecule has 0 radical (unpaired) electrons. The normalized spacial score (nSPS) is 17.2. The van der Waals surface area contributed by atoms with Crippen molar-refractivity contribution in [2.45, 2.75) is 19.5 Å². The molecular formula is C21H25N5O. The number of para-hydroxylation sites is 2. The minimum absolute atomic E-state index is 0.371. The number of methoxy groups -OCH3 is 1. The molecule has 4 rings (SSSR count). The largest absolute Gasteiger partial charge is 0.495 e. The summed E-state index contributed by atoms with van der Waals surface area (Å²) in [5, 5.41) is 0. The highest BCUT2D eigenvalue weighted by molar-refractivity contribution is 5.60. The van der Waals surface area contributed by atoms with Gasteiger partial charge in [-0.25, -0.2) is 9.97 Å². The van der Waals surface area contributed by atoms with E-state index in [1.807, 2.05) is 35.4 Å². The van der Waals surface area contributed by atoms with Crippen LogP contribution in [0.15, 0.2) is 61.3 Å². The molecule has 0 aliphatic carbocycles. The fourth-order valence-corrected chi connectivity index (χ4v) is 3.68. The molecular weight excluding hydrogens is 338 g/mol. The van der Waals surface area contributed by atoms with E-state index in [9.17, 15) is 0 Å². The second kappa shape index (κ2) is 7.70. The van der Waals surface area contributed by atoms with Crippen LogP contribution in [0.1, 0.15) is 12.5 Å². The molecule has 6 nitrogen and oxygen atoms in total. The van der Waals surface area contributed by atoms with Crippen LogP contribution in [-0.2, 0) is 6.54 Å². The number of hydrogen-bond donors (Lipinski definition) is 0. The van der Waals surface area contributed by atoms with Crippen molar-refractivity contribution in [3.8, 4) is 5.75 Å². The van der Waals surface area contributed by atoms with Gasteiger partial charge >= 0.3 is 0 Å². The Labute approximate surface area is 160 Å². The highest BCUT2D eigenvalue weighted by Crippen LogP contribution is 2.30. The number of ether oxygens (including phenoxy) is 1. The van der Waals surface area contributed by atoms with Crippen molar-refractivity contribution in [1.29, 1.82) is 0 Å². The molecule has 2 aromatic heterocycles. The van der Waals surface area contributed by atoms with Gasteiger partial charge in [-0.3, -0.25) is 0 Å². The fraction of sp³-hybridized carbons (Fsp3) is 0.333. The number of benzene rings is 1. The van der Waals surface area contributed by atoms with Gasteiger partial charge in [-0.2, -0.15) is 0 Å². The Kier molecular flexibility index (Phi) is 4.96. The lowest BCUT2D eigenvalue weighted by Crippen LogP contribution is -2.52. The molecule has 1 atom stereocenters. The molecule has 3 heterocycles. The summed E-state index contributed by atoms with van der Waals surface area (Å²) >= 11 is 0. The molecule has 0 bridgehead atoms. The van der Waals surface area contributed by atoms with Gasteiger partial charge in [0.1, 0.15) is 11.6 Å². The molecule has 1 aromatic carbocycles. The highest BCUT2D eigenvalue weighted by atomic mass is 16.5. The molecule has 1 saturated heterocycles. The van der Waals surface area contributed by atoms with Gasteiger partial charge in [-0.15, -0.1) is 0 Å². The maximum atomic E-state index is 5.53. The Morgan fingerprint density at radius 1 is 1.15 bits per heavy atom. The maximum Gasteiger partial charge on any atom is 0.142 e. The van der Waals surface area contributed by atoms with Gasteiger partial charge in [0.05, 0.1) is 19.1 Å². The monoisotopic (exact) mass is 363 g/mol. The summed E-state index contributed by atoms with van der Waals surface area (Å²) in [5.74, 6) is 1.97.